The zero-order valence-electron chi connectivity index (χ0n) is 13.7. The zero-order valence-corrected chi connectivity index (χ0v) is 13.7. The summed E-state index contributed by atoms with van der Waals surface area (Å²) < 4.78 is 0. The summed E-state index contributed by atoms with van der Waals surface area (Å²) in [5, 5.41) is 0. The number of nitrogens with zero attached hydrogens (tertiary/aromatic N) is 2. The highest BCUT2D eigenvalue weighted by Crippen LogP contribution is 2.25. The van der Waals surface area contributed by atoms with Crippen molar-refractivity contribution in [2.45, 2.75) is 45.1 Å². The SMILES string of the molecule is Cc1cccc(C(=O)N(CCc2ccccc2)C2CCCC2)n1. The van der Waals surface area contributed by atoms with Gasteiger partial charge in [0.2, 0.25) is 0 Å². The lowest BCUT2D eigenvalue weighted by molar-refractivity contribution is 0.0677. The number of rotatable bonds is 5. The number of hydrogen-bond acceptors (Lipinski definition) is 2. The minimum Gasteiger partial charge on any atom is -0.334 e. The summed E-state index contributed by atoms with van der Waals surface area (Å²) in [6, 6.07) is 16.4. The van der Waals surface area contributed by atoms with E-state index in [-0.39, 0.29) is 5.91 Å². The number of benzene rings is 1. The van der Waals surface area contributed by atoms with Crippen LogP contribution in [0.2, 0.25) is 0 Å². The molecule has 3 heteroatoms. The summed E-state index contributed by atoms with van der Waals surface area (Å²) in [7, 11) is 0. The Labute approximate surface area is 138 Å². The molecule has 0 atom stereocenters. The molecule has 3 nitrogen and oxygen atoms in total. The molecule has 1 amide bonds. The second-order valence-electron chi connectivity index (χ2n) is 6.34. The number of amides is 1. The average Bonchev–Trinajstić information content (AvgIpc) is 3.10. The van der Waals surface area contributed by atoms with Gasteiger partial charge in [-0.3, -0.25) is 4.79 Å². The third-order valence-corrected chi connectivity index (χ3v) is 4.62. The number of carbonyl (C=O) groups is 1. The van der Waals surface area contributed by atoms with E-state index in [1.165, 1.54) is 18.4 Å². The number of hydrogen-bond donors (Lipinski definition) is 0. The lowest BCUT2D eigenvalue weighted by Gasteiger charge is -2.29. The van der Waals surface area contributed by atoms with Crippen LogP contribution in [0.1, 0.15) is 47.4 Å². The van der Waals surface area contributed by atoms with Crippen LogP contribution in [0.4, 0.5) is 0 Å². The standard InChI is InChI=1S/C20H24N2O/c1-16-8-7-13-19(21-16)20(23)22(18-11-5-6-12-18)15-14-17-9-3-2-4-10-17/h2-4,7-10,13,18H,5-6,11-12,14-15H2,1H3. The molecule has 0 spiro atoms. The molecule has 120 valence electrons. The maximum atomic E-state index is 13.0. The van der Waals surface area contributed by atoms with Crippen molar-refractivity contribution < 1.29 is 4.79 Å². The molecule has 0 bridgehead atoms. The van der Waals surface area contributed by atoms with E-state index >= 15 is 0 Å². The molecule has 1 aromatic heterocycles. The fraction of sp³-hybridized carbons (Fsp3) is 0.400. The van der Waals surface area contributed by atoms with E-state index in [0.29, 0.717) is 11.7 Å². The lowest BCUT2D eigenvalue weighted by Crippen LogP contribution is -2.40. The first-order chi connectivity index (χ1) is 11.2. The molecule has 1 aliphatic rings. The van der Waals surface area contributed by atoms with Crippen LogP contribution in [-0.2, 0) is 6.42 Å². The van der Waals surface area contributed by atoms with E-state index in [1.54, 1.807) is 0 Å². The summed E-state index contributed by atoms with van der Waals surface area (Å²) in [5.74, 6) is 0.0801. The van der Waals surface area contributed by atoms with Crippen LogP contribution in [0.25, 0.3) is 0 Å². The third-order valence-electron chi connectivity index (χ3n) is 4.62. The molecule has 0 N–H and O–H groups in total. The summed E-state index contributed by atoms with van der Waals surface area (Å²) in [6.07, 6.45) is 5.58. The predicted molar refractivity (Wildman–Crippen MR) is 92.4 cm³/mol. The van der Waals surface area contributed by atoms with Crippen molar-refractivity contribution in [3.8, 4) is 0 Å². The first-order valence-electron chi connectivity index (χ1n) is 8.52. The molecule has 0 saturated heterocycles. The van der Waals surface area contributed by atoms with E-state index in [9.17, 15) is 4.79 Å². The van der Waals surface area contributed by atoms with Gasteiger partial charge < -0.3 is 4.90 Å². The molecule has 0 radical (unpaired) electrons. The fourth-order valence-corrected chi connectivity index (χ4v) is 3.37. The molecule has 0 unspecified atom stereocenters. The minimum absolute atomic E-state index is 0.0801. The van der Waals surface area contributed by atoms with Gasteiger partial charge in [0.15, 0.2) is 0 Å². The molecular formula is C20H24N2O. The van der Waals surface area contributed by atoms with Crippen LogP contribution in [-0.4, -0.2) is 28.4 Å². The Morgan fingerprint density at radius 3 is 2.52 bits per heavy atom. The van der Waals surface area contributed by atoms with Crippen LogP contribution in [0, 0.1) is 6.92 Å². The van der Waals surface area contributed by atoms with Crippen LogP contribution in [0.5, 0.6) is 0 Å². The Kier molecular flexibility index (Phi) is 5.06. The maximum Gasteiger partial charge on any atom is 0.272 e. The average molecular weight is 308 g/mol. The van der Waals surface area contributed by atoms with E-state index in [4.69, 9.17) is 0 Å². The van der Waals surface area contributed by atoms with Gasteiger partial charge >= 0.3 is 0 Å². The molecule has 1 saturated carbocycles. The number of pyridine rings is 1. The highest BCUT2D eigenvalue weighted by molar-refractivity contribution is 5.92. The molecule has 23 heavy (non-hydrogen) atoms. The van der Waals surface area contributed by atoms with E-state index in [2.05, 4.69) is 34.1 Å². The first-order valence-corrected chi connectivity index (χ1v) is 8.52. The normalized spacial score (nSPS) is 14.8. The summed E-state index contributed by atoms with van der Waals surface area (Å²) in [4.78, 5) is 19.5. The van der Waals surface area contributed by atoms with E-state index in [1.807, 2.05) is 31.2 Å². The molecule has 0 aliphatic heterocycles. The smallest absolute Gasteiger partial charge is 0.272 e. The van der Waals surface area contributed by atoms with Crippen molar-refractivity contribution in [3.63, 3.8) is 0 Å². The predicted octanol–water partition coefficient (Wildman–Crippen LogP) is 4.02. The van der Waals surface area contributed by atoms with Crippen LogP contribution < -0.4 is 0 Å². The van der Waals surface area contributed by atoms with Gasteiger partial charge in [-0.15, -0.1) is 0 Å². The lowest BCUT2D eigenvalue weighted by atomic mass is 10.1. The monoisotopic (exact) mass is 308 g/mol. The van der Waals surface area contributed by atoms with Gasteiger partial charge in [0, 0.05) is 18.3 Å². The summed E-state index contributed by atoms with van der Waals surface area (Å²) in [6.45, 7) is 2.70. The zero-order chi connectivity index (χ0) is 16.1. The van der Waals surface area contributed by atoms with Crippen molar-refractivity contribution in [1.29, 1.82) is 0 Å². The van der Waals surface area contributed by atoms with Gasteiger partial charge in [-0.1, -0.05) is 49.2 Å². The van der Waals surface area contributed by atoms with Gasteiger partial charge in [-0.05, 0) is 43.9 Å². The number of aryl methyl sites for hydroxylation is 1. The van der Waals surface area contributed by atoms with Gasteiger partial charge in [-0.25, -0.2) is 4.98 Å². The van der Waals surface area contributed by atoms with Crippen LogP contribution in [0.15, 0.2) is 48.5 Å². The molecule has 2 aromatic rings. The third kappa shape index (κ3) is 3.98. The van der Waals surface area contributed by atoms with Gasteiger partial charge in [0.05, 0.1) is 0 Å². The van der Waals surface area contributed by atoms with Crippen molar-refractivity contribution in [1.82, 2.24) is 9.88 Å². The molecule has 1 heterocycles. The fourth-order valence-electron chi connectivity index (χ4n) is 3.37. The van der Waals surface area contributed by atoms with Crippen molar-refractivity contribution in [3.05, 3.63) is 65.5 Å². The van der Waals surface area contributed by atoms with E-state index < -0.39 is 0 Å². The summed E-state index contributed by atoms with van der Waals surface area (Å²) in [5.41, 5.74) is 2.75. The molecule has 1 fully saturated rings. The largest absolute Gasteiger partial charge is 0.334 e. The Morgan fingerprint density at radius 1 is 1.09 bits per heavy atom. The van der Waals surface area contributed by atoms with Crippen molar-refractivity contribution >= 4 is 5.91 Å². The Balaban J connectivity index is 1.76. The van der Waals surface area contributed by atoms with Gasteiger partial charge in [-0.2, -0.15) is 0 Å². The topological polar surface area (TPSA) is 33.2 Å². The van der Waals surface area contributed by atoms with Gasteiger partial charge in [0.1, 0.15) is 5.69 Å². The van der Waals surface area contributed by atoms with E-state index in [0.717, 1.165) is 31.5 Å². The highest BCUT2D eigenvalue weighted by atomic mass is 16.2. The number of carbonyl (C=O) groups excluding carboxylic acids is 1. The number of aromatic nitrogens is 1. The Morgan fingerprint density at radius 2 is 1.83 bits per heavy atom. The Hall–Kier alpha value is -2.16. The van der Waals surface area contributed by atoms with Crippen molar-refractivity contribution in [2.24, 2.45) is 0 Å². The second kappa shape index (κ2) is 7.40. The van der Waals surface area contributed by atoms with Crippen LogP contribution in [0.3, 0.4) is 0 Å². The molecule has 1 aliphatic carbocycles. The quantitative estimate of drug-likeness (QED) is 0.836. The van der Waals surface area contributed by atoms with Crippen molar-refractivity contribution in [2.75, 3.05) is 6.54 Å². The summed E-state index contributed by atoms with van der Waals surface area (Å²) >= 11 is 0. The highest BCUT2D eigenvalue weighted by Gasteiger charge is 2.27. The first kappa shape index (κ1) is 15.7. The second-order valence-corrected chi connectivity index (χ2v) is 6.34. The molecule has 1 aromatic carbocycles. The minimum atomic E-state index is 0.0801. The maximum absolute atomic E-state index is 13.0. The Bertz CT molecular complexity index is 648. The molecule has 3 rings (SSSR count). The van der Waals surface area contributed by atoms with Gasteiger partial charge in [0.25, 0.3) is 5.91 Å². The molecular weight excluding hydrogens is 284 g/mol. The van der Waals surface area contributed by atoms with Crippen LogP contribution >= 0.6 is 0 Å².